The van der Waals surface area contributed by atoms with E-state index in [1.54, 1.807) is 10.4 Å². The Labute approximate surface area is 133 Å². The highest BCUT2D eigenvalue weighted by molar-refractivity contribution is 7.89. The summed E-state index contributed by atoms with van der Waals surface area (Å²) in [7, 11) is -3.27. The molecule has 3 N–H and O–H groups in total. The molecule has 1 amide bonds. The molecule has 1 rings (SSSR count). The second-order valence-electron chi connectivity index (χ2n) is 5.00. The third-order valence-electron chi connectivity index (χ3n) is 3.42. The first-order valence-corrected chi connectivity index (χ1v) is 8.69. The highest BCUT2D eigenvalue weighted by atomic mass is 35.5. The molecule has 0 bridgehead atoms. The van der Waals surface area contributed by atoms with Crippen molar-refractivity contribution < 1.29 is 13.2 Å². The number of carbonyl (C=O) groups is 1. The average molecular weight is 340 g/mol. The number of carbonyl (C=O) groups excluding carboxylic acids is 1. The number of amides is 1. The molecule has 0 aromatic rings. The van der Waals surface area contributed by atoms with Crippen LogP contribution in [0.5, 0.6) is 0 Å². The molecule has 0 aromatic heterocycles. The van der Waals surface area contributed by atoms with Crippen LogP contribution in [0.4, 0.5) is 0 Å². The molecule has 1 atom stereocenters. The van der Waals surface area contributed by atoms with Gasteiger partial charge in [-0.1, -0.05) is 12.5 Å². The van der Waals surface area contributed by atoms with Gasteiger partial charge in [-0.05, 0) is 19.3 Å². The normalized spacial score (nSPS) is 19.6. The van der Waals surface area contributed by atoms with Crippen LogP contribution in [0.1, 0.15) is 32.1 Å². The van der Waals surface area contributed by atoms with Gasteiger partial charge in [0.15, 0.2) is 0 Å². The molecule has 1 heterocycles. The van der Waals surface area contributed by atoms with E-state index in [9.17, 15) is 13.2 Å². The van der Waals surface area contributed by atoms with Gasteiger partial charge < -0.3 is 11.1 Å². The second kappa shape index (κ2) is 10.2. The lowest BCUT2D eigenvalue weighted by Crippen LogP contribution is -2.50. The Bertz CT molecular complexity index is 428. The number of rotatable bonds is 8. The lowest BCUT2D eigenvalue weighted by molar-refractivity contribution is -0.121. The van der Waals surface area contributed by atoms with E-state index >= 15 is 0 Å². The fourth-order valence-electron chi connectivity index (χ4n) is 2.34. The molecule has 0 radical (unpaired) electrons. The zero-order valence-corrected chi connectivity index (χ0v) is 13.9. The van der Waals surface area contributed by atoms with Gasteiger partial charge in [-0.25, -0.2) is 8.42 Å². The summed E-state index contributed by atoms with van der Waals surface area (Å²) in [6.45, 7) is 4.77. The number of piperidine rings is 1. The van der Waals surface area contributed by atoms with Crippen LogP contribution < -0.4 is 11.1 Å². The zero-order valence-electron chi connectivity index (χ0n) is 12.3. The van der Waals surface area contributed by atoms with Gasteiger partial charge in [0.2, 0.25) is 15.9 Å². The van der Waals surface area contributed by atoms with Crippen LogP contribution in [0.15, 0.2) is 12.7 Å². The van der Waals surface area contributed by atoms with E-state index in [0.29, 0.717) is 26.1 Å². The number of sulfonamides is 1. The van der Waals surface area contributed by atoms with Gasteiger partial charge in [-0.3, -0.25) is 4.79 Å². The maximum Gasteiger partial charge on any atom is 0.221 e. The Morgan fingerprint density at radius 1 is 1.43 bits per heavy atom. The summed E-state index contributed by atoms with van der Waals surface area (Å²) < 4.78 is 26.1. The molecular formula is C13H26ClN3O3S. The molecule has 8 heteroatoms. The van der Waals surface area contributed by atoms with Crippen molar-refractivity contribution in [1.82, 2.24) is 9.62 Å². The number of halogens is 1. The molecule has 0 aliphatic carbocycles. The Kier molecular flexibility index (Phi) is 9.85. The molecule has 0 saturated carbocycles. The van der Waals surface area contributed by atoms with E-state index in [0.717, 1.165) is 19.3 Å². The van der Waals surface area contributed by atoms with Crippen LogP contribution in [0.25, 0.3) is 0 Å². The molecule has 1 unspecified atom stereocenters. The summed E-state index contributed by atoms with van der Waals surface area (Å²) in [4.78, 5) is 11.4. The lowest BCUT2D eigenvalue weighted by atomic mass is 10.1. The summed E-state index contributed by atoms with van der Waals surface area (Å²) in [6, 6.07) is -0.139. The van der Waals surface area contributed by atoms with Crippen molar-refractivity contribution in [2.75, 3.05) is 25.4 Å². The maximum atomic E-state index is 12.3. The monoisotopic (exact) mass is 339 g/mol. The fraction of sp³-hybridized carbons (Fsp3) is 0.769. The lowest BCUT2D eigenvalue weighted by Gasteiger charge is -2.34. The van der Waals surface area contributed by atoms with Crippen molar-refractivity contribution in [1.29, 1.82) is 0 Å². The summed E-state index contributed by atoms with van der Waals surface area (Å²) in [5, 5.41) is 2.77. The van der Waals surface area contributed by atoms with Crippen molar-refractivity contribution in [3.05, 3.63) is 12.7 Å². The van der Waals surface area contributed by atoms with E-state index in [4.69, 9.17) is 5.73 Å². The highest BCUT2D eigenvalue weighted by Gasteiger charge is 2.31. The minimum atomic E-state index is -3.27. The minimum Gasteiger partial charge on any atom is -0.354 e. The summed E-state index contributed by atoms with van der Waals surface area (Å²) in [5.74, 6) is -0.0365. The van der Waals surface area contributed by atoms with Crippen LogP contribution in [-0.4, -0.2) is 50.1 Å². The number of allylic oxidation sites excluding steroid dienone is 1. The van der Waals surface area contributed by atoms with Gasteiger partial charge in [0, 0.05) is 32.1 Å². The zero-order chi connectivity index (χ0) is 15.0. The minimum absolute atomic E-state index is 0. The maximum absolute atomic E-state index is 12.3. The Hall–Kier alpha value is -0.630. The van der Waals surface area contributed by atoms with Crippen molar-refractivity contribution in [2.45, 2.75) is 38.1 Å². The molecule has 124 valence electrons. The smallest absolute Gasteiger partial charge is 0.221 e. The summed E-state index contributed by atoms with van der Waals surface area (Å²) in [6.07, 6.45) is 4.99. The van der Waals surface area contributed by atoms with Crippen LogP contribution in [0.2, 0.25) is 0 Å². The van der Waals surface area contributed by atoms with Gasteiger partial charge in [0.05, 0.1) is 5.75 Å². The molecule has 1 aliphatic heterocycles. The van der Waals surface area contributed by atoms with Crippen molar-refractivity contribution in [3.8, 4) is 0 Å². The third-order valence-corrected chi connectivity index (χ3v) is 5.36. The molecule has 0 aromatic carbocycles. The average Bonchev–Trinajstić information content (AvgIpc) is 2.43. The van der Waals surface area contributed by atoms with E-state index < -0.39 is 10.0 Å². The van der Waals surface area contributed by atoms with E-state index in [-0.39, 0.29) is 36.5 Å². The van der Waals surface area contributed by atoms with Crippen molar-refractivity contribution in [2.24, 2.45) is 5.73 Å². The predicted octanol–water partition coefficient (Wildman–Crippen LogP) is 0.634. The first kappa shape index (κ1) is 20.4. The predicted molar refractivity (Wildman–Crippen MR) is 86.9 cm³/mol. The van der Waals surface area contributed by atoms with E-state index in [1.807, 2.05) is 0 Å². The number of nitrogens with two attached hydrogens (primary N) is 1. The van der Waals surface area contributed by atoms with Crippen molar-refractivity contribution >= 4 is 28.3 Å². The number of nitrogens with one attached hydrogen (secondary N) is 1. The molecule has 0 spiro atoms. The second-order valence-corrected chi connectivity index (χ2v) is 7.04. The molecule has 1 fully saturated rings. The standard InChI is InChI=1S/C13H25N3O3S.ClH/c1-2-3-10-20(18,19)16-9-5-4-6-12(16)11-15-13(17)7-8-14;/h2,12H,1,3-11,14H2,(H,15,17);1H. The summed E-state index contributed by atoms with van der Waals surface area (Å²) >= 11 is 0. The van der Waals surface area contributed by atoms with Crippen LogP contribution >= 0.6 is 12.4 Å². The number of hydrogen-bond donors (Lipinski definition) is 2. The largest absolute Gasteiger partial charge is 0.354 e. The first-order chi connectivity index (χ1) is 9.51. The third kappa shape index (κ3) is 6.78. The van der Waals surface area contributed by atoms with Crippen LogP contribution in [0.3, 0.4) is 0 Å². The molecule has 6 nitrogen and oxygen atoms in total. The molecular weight excluding hydrogens is 314 g/mol. The molecule has 1 saturated heterocycles. The van der Waals surface area contributed by atoms with Crippen molar-refractivity contribution in [3.63, 3.8) is 0 Å². The summed E-state index contributed by atoms with van der Waals surface area (Å²) in [5.41, 5.74) is 5.31. The van der Waals surface area contributed by atoms with Gasteiger partial charge in [-0.2, -0.15) is 4.31 Å². The topological polar surface area (TPSA) is 92.5 Å². The quantitative estimate of drug-likeness (QED) is 0.634. The van der Waals surface area contributed by atoms with Gasteiger partial charge in [-0.15, -0.1) is 19.0 Å². The van der Waals surface area contributed by atoms with E-state index in [2.05, 4.69) is 11.9 Å². The fourth-order valence-corrected chi connectivity index (χ4v) is 4.09. The molecule has 21 heavy (non-hydrogen) atoms. The van der Waals surface area contributed by atoms with Gasteiger partial charge >= 0.3 is 0 Å². The number of nitrogens with zero attached hydrogens (tertiary/aromatic N) is 1. The van der Waals surface area contributed by atoms with Crippen LogP contribution in [-0.2, 0) is 14.8 Å². The van der Waals surface area contributed by atoms with Gasteiger partial charge in [0.1, 0.15) is 0 Å². The molecule has 1 aliphatic rings. The first-order valence-electron chi connectivity index (χ1n) is 7.08. The highest BCUT2D eigenvalue weighted by Crippen LogP contribution is 2.20. The van der Waals surface area contributed by atoms with Gasteiger partial charge in [0.25, 0.3) is 0 Å². The van der Waals surface area contributed by atoms with E-state index in [1.165, 1.54) is 0 Å². The SMILES string of the molecule is C=CCCS(=O)(=O)N1CCCCC1CNC(=O)CCN.Cl. The Morgan fingerprint density at radius 2 is 2.14 bits per heavy atom. The number of hydrogen-bond acceptors (Lipinski definition) is 4. The Morgan fingerprint density at radius 3 is 2.76 bits per heavy atom. The Balaban J connectivity index is 0.00000400. The van der Waals surface area contributed by atoms with Crippen LogP contribution in [0, 0.1) is 0 Å².